The van der Waals surface area contributed by atoms with E-state index in [-0.39, 0.29) is 35.1 Å². The van der Waals surface area contributed by atoms with Crippen molar-refractivity contribution in [2.45, 2.75) is 25.2 Å². The van der Waals surface area contributed by atoms with Crippen LogP contribution in [0.5, 0.6) is 0 Å². The highest BCUT2D eigenvalue weighted by molar-refractivity contribution is 7.98. The van der Waals surface area contributed by atoms with Crippen molar-refractivity contribution < 1.29 is 22.4 Å². The van der Waals surface area contributed by atoms with Gasteiger partial charge in [0.25, 0.3) is 0 Å². The summed E-state index contributed by atoms with van der Waals surface area (Å²) in [6.45, 7) is 5.41. The number of thioether (sulfide) groups is 1. The molecule has 1 fully saturated rings. The van der Waals surface area contributed by atoms with Crippen molar-refractivity contribution in [3.05, 3.63) is 17.1 Å². The van der Waals surface area contributed by atoms with Crippen molar-refractivity contribution in [2.75, 3.05) is 51.8 Å². The van der Waals surface area contributed by atoms with Gasteiger partial charge in [0.15, 0.2) is 5.11 Å². The maximum Gasteiger partial charge on any atom is 0.342 e. The number of nitrogens with zero attached hydrogens (tertiary/aromatic N) is 2. The maximum absolute atomic E-state index is 13.2. The fourth-order valence-corrected chi connectivity index (χ4v) is 5.61. The van der Waals surface area contributed by atoms with Crippen LogP contribution in [0, 0.1) is 13.8 Å². The van der Waals surface area contributed by atoms with Gasteiger partial charge in [-0.25, -0.2) is 13.2 Å². The van der Waals surface area contributed by atoms with Gasteiger partial charge in [0, 0.05) is 32.7 Å². The highest BCUT2D eigenvalue weighted by atomic mass is 32.2. The number of piperazine rings is 1. The summed E-state index contributed by atoms with van der Waals surface area (Å²) < 4.78 is 37.9. The number of hydrogen-bond acceptors (Lipinski definition) is 7. The Morgan fingerprint density at radius 1 is 1.25 bits per heavy atom. The summed E-state index contributed by atoms with van der Waals surface area (Å²) in [6.07, 6.45) is 3.08. The third kappa shape index (κ3) is 5.00. The number of aryl methyl sites for hydroxylation is 2. The van der Waals surface area contributed by atoms with E-state index in [1.54, 1.807) is 18.7 Å². The van der Waals surface area contributed by atoms with Crippen LogP contribution in [0.3, 0.4) is 0 Å². The van der Waals surface area contributed by atoms with E-state index >= 15 is 0 Å². The number of methoxy groups -OCH3 is 1. The molecule has 1 aromatic heterocycles. The lowest BCUT2D eigenvalue weighted by Gasteiger charge is -2.35. The van der Waals surface area contributed by atoms with Crippen molar-refractivity contribution in [1.82, 2.24) is 14.5 Å². The molecule has 1 aliphatic heterocycles. The summed E-state index contributed by atoms with van der Waals surface area (Å²) in [5.41, 5.74) is -0.0339. The molecule has 2 rings (SSSR count). The Labute approximate surface area is 176 Å². The molecule has 0 amide bonds. The predicted molar refractivity (Wildman–Crippen MR) is 113 cm³/mol. The molecule has 1 N–H and O–H groups in total. The molecule has 1 aliphatic rings. The van der Waals surface area contributed by atoms with Gasteiger partial charge < -0.3 is 19.4 Å². The Balaban J connectivity index is 2.08. The Bertz CT molecular complexity index is 814. The van der Waals surface area contributed by atoms with Crippen LogP contribution in [0.2, 0.25) is 0 Å². The molecular formula is C17H27N3O5S3. The topological polar surface area (TPSA) is 92.1 Å². The summed E-state index contributed by atoms with van der Waals surface area (Å²) in [5, 5.41) is 3.86. The lowest BCUT2D eigenvalue weighted by molar-refractivity contribution is 0.0594. The third-order valence-electron chi connectivity index (χ3n) is 4.52. The highest BCUT2D eigenvalue weighted by Crippen LogP contribution is 2.30. The first-order valence-electron chi connectivity index (χ1n) is 8.94. The van der Waals surface area contributed by atoms with Crippen LogP contribution < -0.4 is 5.32 Å². The van der Waals surface area contributed by atoms with E-state index < -0.39 is 16.0 Å². The van der Waals surface area contributed by atoms with Gasteiger partial charge in [0.2, 0.25) is 10.0 Å². The molecular weight excluding hydrogens is 422 g/mol. The van der Waals surface area contributed by atoms with Crippen molar-refractivity contribution in [1.29, 1.82) is 0 Å². The Hall–Kier alpha value is -1.30. The van der Waals surface area contributed by atoms with Crippen LogP contribution in [-0.4, -0.2) is 80.5 Å². The second-order valence-corrected chi connectivity index (χ2v) is 9.63. The van der Waals surface area contributed by atoms with E-state index in [9.17, 15) is 13.2 Å². The molecule has 1 saturated heterocycles. The molecule has 0 bridgehead atoms. The minimum absolute atomic E-state index is 0.0339. The molecule has 0 aromatic carbocycles. The summed E-state index contributed by atoms with van der Waals surface area (Å²) >= 11 is 7.19. The zero-order chi connectivity index (χ0) is 20.9. The van der Waals surface area contributed by atoms with Crippen molar-refractivity contribution in [2.24, 2.45) is 0 Å². The average Bonchev–Trinajstić information content (AvgIpc) is 2.99. The van der Waals surface area contributed by atoms with E-state index in [4.69, 9.17) is 21.4 Å². The van der Waals surface area contributed by atoms with Crippen molar-refractivity contribution in [3.8, 4) is 0 Å². The molecule has 0 unspecified atom stereocenters. The van der Waals surface area contributed by atoms with E-state index in [0.29, 0.717) is 18.2 Å². The molecule has 0 atom stereocenters. The fraction of sp³-hybridized carbons (Fsp3) is 0.647. The minimum atomic E-state index is -3.89. The van der Waals surface area contributed by atoms with Crippen LogP contribution >= 0.6 is 24.0 Å². The lowest BCUT2D eigenvalue weighted by Crippen LogP contribution is -2.53. The molecule has 11 heteroatoms. The second kappa shape index (κ2) is 9.95. The Morgan fingerprint density at radius 2 is 1.89 bits per heavy atom. The van der Waals surface area contributed by atoms with Gasteiger partial charge in [0.1, 0.15) is 22.0 Å². The van der Waals surface area contributed by atoms with Gasteiger partial charge in [0.05, 0.1) is 7.11 Å². The number of hydrogen-bond donors (Lipinski definition) is 1. The minimum Gasteiger partial charge on any atom is -0.465 e. The molecule has 0 spiro atoms. The number of thiocarbonyl (C=S) groups is 1. The van der Waals surface area contributed by atoms with E-state index in [0.717, 1.165) is 18.7 Å². The van der Waals surface area contributed by atoms with Gasteiger partial charge in [-0.05, 0) is 44.5 Å². The number of carbonyl (C=O) groups excluding carboxylic acids is 1. The number of nitrogens with one attached hydrogen (secondary N) is 1. The zero-order valence-electron chi connectivity index (χ0n) is 16.6. The molecule has 0 saturated carbocycles. The summed E-state index contributed by atoms with van der Waals surface area (Å²) in [7, 11) is -2.67. The first-order valence-corrected chi connectivity index (χ1v) is 12.2. The molecule has 8 nitrogen and oxygen atoms in total. The quantitative estimate of drug-likeness (QED) is 0.379. The first kappa shape index (κ1) is 23.0. The van der Waals surface area contributed by atoms with Gasteiger partial charge in [-0.3, -0.25) is 0 Å². The largest absolute Gasteiger partial charge is 0.465 e. The third-order valence-corrected chi connectivity index (χ3v) is 7.67. The Morgan fingerprint density at radius 3 is 2.46 bits per heavy atom. The van der Waals surface area contributed by atoms with Crippen LogP contribution in [0.1, 0.15) is 28.3 Å². The van der Waals surface area contributed by atoms with Crippen LogP contribution in [-0.2, 0) is 14.8 Å². The predicted octanol–water partition coefficient (Wildman–Crippen LogP) is 1.62. The number of sulfonamides is 1. The number of carbonyl (C=O) groups is 1. The fourth-order valence-electron chi connectivity index (χ4n) is 3.10. The van der Waals surface area contributed by atoms with Gasteiger partial charge in [-0.1, -0.05) is 0 Å². The summed E-state index contributed by atoms with van der Waals surface area (Å²) in [5.74, 6) is 0.763. The zero-order valence-corrected chi connectivity index (χ0v) is 19.1. The van der Waals surface area contributed by atoms with Crippen LogP contribution in [0.4, 0.5) is 0 Å². The molecule has 0 radical (unpaired) electrons. The Kier molecular flexibility index (Phi) is 8.17. The smallest absolute Gasteiger partial charge is 0.342 e. The number of rotatable bonds is 7. The van der Waals surface area contributed by atoms with Crippen LogP contribution in [0.15, 0.2) is 9.31 Å². The normalized spacial score (nSPS) is 15.5. The highest BCUT2D eigenvalue weighted by Gasteiger charge is 2.37. The van der Waals surface area contributed by atoms with Crippen molar-refractivity contribution in [3.63, 3.8) is 0 Å². The maximum atomic E-state index is 13.2. The molecule has 158 valence electrons. The van der Waals surface area contributed by atoms with E-state index in [2.05, 4.69) is 11.6 Å². The summed E-state index contributed by atoms with van der Waals surface area (Å²) in [4.78, 5) is 13.9. The lowest BCUT2D eigenvalue weighted by atomic mass is 10.2. The van der Waals surface area contributed by atoms with Gasteiger partial charge in [-0.15, -0.1) is 0 Å². The number of furan rings is 1. The average molecular weight is 450 g/mol. The summed E-state index contributed by atoms with van der Waals surface area (Å²) in [6, 6.07) is 0. The molecule has 0 aliphatic carbocycles. The van der Waals surface area contributed by atoms with E-state index in [1.807, 2.05) is 4.90 Å². The van der Waals surface area contributed by atoms with Gasteiger partial charge in [-0.2, -0.15) is 16.1 Å². The molecule has 2 heterocycles. The standard InChI is InChI=1S/C17H27N3O5S3/c1-12-14(16(21)24-3)15(13(2)25-12)28(22,23)20-9-7-19(8-10-20)17(26)18-6-5-11-27-4/h5-11H2,1-4H3,(H,18,26). The first-order chi connectivity index (χ1) is 13.2. The number of esters is 1. The number of ether oxygens (including phenoxy) is 1. The van der Waals surface area contributed by atoms with Crippen molar-refractivity contribution >= 4 is 45.1 Å². The monoisotopic (exact) mass is 449 g/mol. The second-order valence-electron chi connectivity index (χ2n) is 6.38. The van der Waals surface area contributed by atoms with Crippen LogP contribution in [0.25, 0.3) is 0 Å². The molecule has 1 aromatic rings. The SMILES string of the molecule is COC(=O)c1c(C)oc(C)c1S(=O)(=O)N1CCN(C(=S)NCCCSC)CC1. The van der Waals surface area contributed by atoms with Gasteiger partial charge >= 0.3 is 5.97 Å². The van der Waals surface area contributed by atoms with E-state index in [1.165, 1.54) is 18.3 Å². The molecule has 28 heavy (non-hydrogen) atoms.